The first kappa shape index (κ1) is 19.0. The number of benzene rings is 1. The molecule has 0 amide bonds. The van der Waals surface area contributed by atoms with Crippen LogP contribution in [-0.4, -0.2) is 54.6 Å². The van der Waals surface area contributed by atoms with Gasteiger partial charge in [0.1, 0.15) is 10.6 Å². The molecule has 2 saturated heterocycles. The highest BCUT2D eigenvalue weighted by Gasteiger charge is 2.43. The predicted octanol–water partition coefficient (Wildman–Crippen LogP) is 3.13. The maximum Gasteiger partial charge on any atom is 0.246 e. The molecule has 29 heavy (non-hydrogen) atoms. The normalized spacial score (nSPS) is 19.7. The highest BCUT2D eigenvalue weighted by atomic mass is 32.2. The minimum absolute atomic E-state index is 0.230. The van der Waals surface area contributed by atoms with E-state index in [0.29, 0.717) is 44.8 Å². The van der Waals surface area contributed by atoms with Crippen molar-refractivity contribution in [2.24, 2.45) is 0 Å². The van der Waals surface area contributed by atoms with Crippen LogP contribution in [0.4, 0.5) is 0 Å². The zero-order chi connectivity index (χ0) is 19.9. The third-order valence-corrected chi connectivity index (χ3v) is 8.15. The summed E-state index contributed by atoms with van der Waals surface area (Å²) in [4.78, 5) is 1.06. The van der Waals surface area contributed by atoms with E-state index in [1.165, 1.54) is 15.6 Å². The van der Waals surface area contributed by atoms with Crippen LogP contribution < -0.4 is 0 Å². The number of sulfonamides is 1. The number of nitrogens with zero attached hydrogens (tertiary/aromatic N) is 3. The van der Waals surface area contributed by atoms with Crippen LogP contribution in [0.3, 0.4) is 0 Å². The Labute approximate surface area is 173 Å². The third kappa shape index (κ3) is 3.43. The van der Waals surface area contributed by atoms with Crippen LogP contribution in [0.1, 0.15) is 12.8 Å². The van der Waals surface area contributed by atoms with Crippen molar-refractivity contribution in [2.45, 2.75) is 23.5 Å². The van der Waals surface area contributed by atoms with E-state index in [1.807, 2.05) is 47.8 Å². The molecular formula is C20H21N3O4S2. The highest BCUT2D eigenvalue weighted by molar-refractivity contribution is 7.89. The Bertz CT molecular complexity index is 1080. The lowest BCUT2D eigenvalue weighted by molar-refractivity contribution is -0.179. The number of aromatic nitrogens is 2. The summed E-state index contributed by atoms with van der Waals surface area (Å²) in [7, 11) is -3.71. The SMILES string of the molecule is O=S(=O)(c1cn(-c2ccccc2)nc1-c1cccs1)N1CCC2(CC1)OCCO2. The fourth-order valence-electron chi connectivity index (χ4n) is 3.84. The second-order valence-corrected chi connectivity index (χ2v) is 9.97. The average molecular weight is 432 g/mol. The smallest absolute Gasteiger partial charge is 0.246 e. The minimum Gasteiger partial charge on any atom is -0.347 e. The number of rotatable bonds is 4. The number of piperidine rings is 1. The van der Waals surface area contributed by atoms with Gasteiger partial charge in [-0.05, 0) is 23.6 Å². The molecule has 152 valence electrons. The Balaban J connectivity index is 1.51. The van der Waals surface area contributed by atoms with Gasteiger partial charge >= 0.3 is 0 Å². The molecule has 0 N–H and O–H groups in total. The van der Waals surface area contributed by atoms with Crippen molar-refractivity contribution in [3.63, 3.8) is 0 Å². The van der Waals surface area contributed by atoms with E-state index in [4.69, 9.17) is 9.47 Å². The molecule has 2 fully saturated rings. The van der Waals surface area contributed by atoms with Gasteiger partial charge in [-0.1, -0.05) is 24.3 Å². The maximum absolute atomic E-state index is 13.5. The zero-order valence-corrected chi connectivity index (χ0v) is 17.4. The zero-order valence-electron chi connectivity index (χ0n) is 15.7. The van der Waals surface area contributed by atoms with E-state index in [-0.39, 0.29) is 4.90 Å². The van der Waals surface area contributed by atoms with E-state index in [0.717, 1.165) is 10.6 Å². The van der Waals surface area contributed by atoms with E-state index in [1.54, 1.807) is 10.9 Å². The molecule has 0 saturated carbocycles. The minimum atomic E-state index is -3.71. The van der Waals surface area contributed by atoms with Gasteiger partial charge in [0.25, 0.3) is 0 Å². The molecule has 2 aliphatic rings. The second kappa shape index (κ2) is 7.33. The van der Waals surface area contributed by atoms with Crippen LogP contribution >= 0.6 is 11.3 Å². The molecule has 0 atom stereocenters. The van der Waals surface area contributed by atoms with Crippen LogP contribution in [0.2, 0.25) is 0 Å². The standard InChI is InChI=1S/C20H21N3O4S2/c24-29(25,22-10-8-20(9-11-22)26-12-13-27-20)18-15-23(16-5-2-1-3-6-16)21-19(18)17-7-4-14-28-17/h1-7,14-15H,8-13H2. The van der Waals surface area contributed by atoms with Crippen LogP contribution in [0.5, 0.6) is 0 Å². The molecule has 7 nitrogen and oxygen atoms in total. The highest BCUT2D eigenvalue weighted by Crippen LogP contribution is 2.36. The van der Waals surface area contributed by atoms with Gasteiger partial charge in [-0.25, -0.2) is 13.1 Å². The van der Waals surface area contributed by atoms with Gasteiger partial charge < -0.3 is 9.47 Å². The van der Waals surface area contributed by atoms with Crippen molar-refractivity contribution in [3.8, 4) is 16.3 Å². The molecule has 0 radical (unpaired) electrons. The Hall–Kier alpha value is -2.04. The van der Waals surface area contributed by atoms with Crippen LogP contribution in [0.15, 0.2) is 58.9 Å². The molecule has 5 rings (SSSR count). The molecule has 2 aliphatic heterocycles. The Kier molecular flexibility index (Phi) is 4.79. The Morgan fingerprint density at radius 3 is 2.38 bits per heavy atom. The summed E-state index contributed by atoms with van der Waals surface area (Å²) in [6, 6.07) is 13.3. The van der Waals surface area contributed by atoms with E-state index < -0.39 is 15.8 Å². The molecule has 0 bridgehead atoms. The fourth-order valence-corrected chi connectivity index (χ4v) is 6.19. The number of thiophene rings is 1. The lowest BCUT2D eigenvalue weighted by Crippen LogP contribution is -2.47. The number of para-hydroxylation sites is 1. The fraction of sp³-hybridized carbons (Fsp3) is 0.350. The summed E-state index contributed by atoms with van der Waals surface area (Å²) in [6.07, 6.45) is 2.69. The summed E-state index contributed by atoms with van der Waals surface area (Å²) < 4.78 is 41.7. The lowest BCUT2D eigenvalue weighted by Gasteiger charge is -2.36. The predicted molar refractivity (Wildman–Crippen MR) is 110 cm³/mol. The monoisotopic (exact) mass is 431 g/mol. The summed E-state index contributed by atoms with van der Waals surface area (Å²) >= 11 is 1.48. The summed E-state index contributed by atoms with van der Waals surface area (Å²) in [5, 5.41) is 6.55. The molecule has 4 heterocycles. The molecule has 0 aliphatic carbocycles. The molecule has 1 spiro atoms. The Morgan fingerprint density at radius 2 is 1.72 bits per heavy atom. The Morgan fingerprint density at radius 1 is 1.00 bits per heavy atom. The van der Waals surface area contributed by atoms with E-state index in [9.17, 15) is 8.42 Å². The number of hydrogen-bond acceptors (Lipinski definition) is 6. The van der Waals surface area contributed by atoms with Crippen LogP contribution in [0, 0.1) is 0 Å². The first-order chi connectivity index (χ1) is 14.1. The van der Waals surface area contributed by atoms with Gasteiger partial charge in [-0.15, -0.1) is 11.3 Å². The van der Waals surface area contributed by atoms with Gasteiger partial charge in [0.2, 0.25) is 10.0 Å². The lowest BCUT2D eigenvalue weighted by atomic mass is 10.1. The number of hydrogen-bond donors (Lipinski definition) is 0. The maximum atomic E-state index is 13.5. The van der Waals surface area contributed by atoms with E-state index >= 15 is 0 Å². The largest absolute Gasteiger partial charge is 0.347 e. The van der Waals surface area contributed by atoms with Crippen molar-refractivity contribution in [3.05, 3.63) is 54.0 Å². The first-order valence-electron chi connectivity index (χ1n) is 9.55. The molecule has 9 heteroatoms. The number of ether oxygens (including phenoxy) is 2. The molecule has 2 aromatic heterocycles. The van der Waals surface area contributed by atoms with Gasteiger partial charge in [-0.2, -0.15) is 9.40 Å². The van der Waals surface area contributed by atoms with Crippen LogP contribution in [0.25, 0.3) is 16.3 Å². The topological polar surface area (TPSA) is 73.7 Å². The van der Waals surface area contributed by atoms with Crippen molar-refractivity contribution in [2.75, 3.05) is 26.3 Å². The molecule has 0 unspecified atom stereocenters. The van der Waals surface area contributed by atoms with Gasteiger partial charge in [-0.3, -0.25) is 0 Å². The quantitative estimate of drug-likeness (QED) is 0.635. The van der Waals surface area contributed by atoms with Gasteiger partial charge in [0, 0.05) is 25.9 Å². The van der Waals surface area contributed by atoms with Gasteiger partial charge in [0.05, 0.1) is 30.0 Å². The van der Waals surface area contributed by atoms with Crippen molar-refractivity contribution >= 4 is 21.4 Å². The van der Waals surface area contributed by atoms with Crippen molar-refractivity contribution in [1.29, 1.82) is 0 Å². The van der Waals surface area contributed by atoms with Crippen LogP contribution in [-0.2, 0) is 19.5 Å². The molecule has 1 aromatic carbocycles. The van der Waals surface area contributed by atoms with Gasteiger partial charge in [0.15, 0.2) is 5.79 Å². The third-order valence-electron chi connectivity index (χ3n) is 5.37. The molecular weight excluding hydrogens is 410 g/mol. The summed E-state index contributed by atoms with van der Waals surface area (Å²) in [5.74, 6) is -0.614. The van der Waals surface area contributed by atoms with Crippen molar-refractivity contribution in [1.82, 2.24) is 14.1 Å². The second-order valence-electron chi connectivity index (χ2n) is 7.11. The van der Waals surface area contributed by atoms with E-state index in [2.05, 4.69) is 5.10 Å². The van der Waals surface area contributed by atoms with Crippen molar-refractivity contribution < 1.29 is 17.9 Å². The molecule has 3 aromatic rings. The summed E-state index contributed by atoms with van der Waals surface area (Å²) in [6.45, 7) is 1.86. The first-order valence-corrected chi connectivity index (χ1v) is 11.9. The average Bonchev–Trinajstić information content (AvgIpc) is 3.50. The summed E-state index contributed by atoms with van der Waals surface area (Å²) in [5.41, 5.74) is 1.30.